The van der Waals surface area contributed by atoms with Crippen molar-refractivity contribution in [3.63, 3.8) is 0 Å². The first-order chi connectivity index (χ1) is 20.1. The van der Waals surface area contributed by atoms with Gasteiger partial charge in [-0.05, 0) is 81.5 Å². The van der Waals surface area contributed by atoms with Crippen LogP contribution in [0.5, 0.6) is 0 Å². The van der Waals surface area contributed by atoms with Crippen LogP contribution >= 0.6 is 0 Å². The summed E-state index contributed by atoms with van der Waals surface area (Å²) in [4.78, 5) is 30.4. The molecule has 8 nitrogen and oxygen atoms in total. The minimum atomic E-state index is -3.87. The Morgan fingerprint density at radius 2 is 1.40 bits per heavy atom. The third-order valence-corrected chi connectivity index (χ3v) is 9.87. The monoisotopic (exact) mass is 592 g/mol. The molecule has 5 rings (SSSR count). The van der Waals surface area contributed by atoms with E-state index >= 15 is 0 Å². The number of halogens is 1. The Bertz CT molecular complexity index is 1500. The molecule has 3 amide bonds. The summed E-state index contributed by atoms with van der Waals surface area (Å²) in [6, 6.07) is 19.6. The highest BCUT2D eigenvalue weighted by molar-refractivity contribution is 7.89. The summed E-state index contributed by atoms with van der Waals surface area (Å²) in [5, 5.41) is 2.93. The lowest BCUT2D eigenvalue weighted by Crippen LogP contribution is -2.52. The topological polar surface area (TPSA) is 90.0 Å². The van der Waals surface area contributed by atoms with Gasteiger partial charge in [-0.1, -0.05) is 47.5 Å². The molecule has 2 aliphatic rings. The maximum Gasteiger partial charge on any atom is 0.321 e. The zero-order valence-electron chi connectivity index (χ0n) is 24.0. The molecular formula is C32H37FN4O4S. The fourth-order valence-corrected chi connectivity index (χ4v) is 6.90. The first kappa shape index (κ1) is 29.7. The highest BCUT2D eigenvalue weighted by Gasteiger charge is 2.41. The fraction of sp³-hybridized carbons (Fsp3) is 0.375. The SMILES string of the molecule is Cc1ccc(NC(=O)N2CCC(N(Cc3ccc(F)cc3)C(=O)CN(C3CC3)S(=O)(=O)c3ccc(C)cc3)CC2)cc1. The predicted molar refractivity (Wildman–Crippen MR) is 160 cm³/mol. The van der Waals surface area contributed by atoms with Crippen LogP contribution < -0.4 is 5.32 Å². The van der Waals surface area contributed by atoms with E-state index in [-0.39, 0.29) is 47.8 Å². The maximum absolute atomic E-state index is 13.9. The summed E-state index contributed by atoms with van der Waals surface area (Å²) in [5.41, 5.74) is 3.53. The molecule has 0 atom stereocenters. The summed E-state index contributed by atoms with van der Waals surface area (Å²) in [5.74, 6) is -0.668. The molecule has 0 unspecified atom stereocenters. The molecule has 0 spiro atoms. The van der Waals surface area contributed by atoms with Gasteiger partial charge < -0.3 is 15.1 Å². The van der Waals surface area contributed by atoms with Gasteiger partial charge in [0.1, 0.15) is 5.82 Å². The quantitative estimate of drug-likeness (QED) is 0.364. The molecule has 1 aliphatic heterocycles. The van der Waals surface area contributed by atoms with E-state index in [2.05, 4.69) is 5.32 Å². The Morgan fingerprint density at radius 3 is 1.98 bits per heavy atom. The summed E-state index contributed by atoms with van der Waals surface area (Å²) >= 11 is 0. The summed E-state index contributed by atoms with van der Waals surface area (Å²) < 4.78 is 42.2. The first-order valence-corrected chi connectivity index (χ1v) is 15.8. The predicted octanol–water partition coefficient (Wildman–Crippen LogP) is 5.32. The van der Waals surface area contributed by atoms with Crippen LogP contribution in [0, 0.1) is 19.7 Å². The molecule has 1 saturated carbocycles. The van der Waals surface area contributed by atoms with E-state index < -0.39 is 10.0 Å². The lowest BCUT2D eigenvalue weighted by Gasteiger charge is -2.39. The largest absolute Gasteiger partial charge is 0.334 e. The third-order valence-electron chi connectivity index (χ3n) is 7.95. The van der Waals surface area contributed by atoms with Gasteiger partial charge in [0.05, 0.1) is 11.4 Å². The molecule has 10 heteroatoms. The van der Waals surface area contributed by atoms with E-state index in [9.17, 15) is 22.4 Å². The minimum Gasteiger partial charge on any atom is -0.334 e. The number of anilines is 1. The average molecular weight is 593 g/mol. The fourth-order valence-electron chi connectivity index (χ4n) is 5.27. The van der Waals surface area contributed by atoms with Crippen molar-refractivity contribution in [1.29, 1.82) is 0 Å². The van der Waals surface area contributed by atoms with Crippen molar-refractivity contribution in [3.8, 4) is 0 Å². The van der Waals surface area contributed by atoms with E-state index in [0.29, 0.717) is 38.8 Å². The Labute approximate surface area is 247 Å². The van der Waals surface area contributed by atoms with Gasteiger partial charge in [0.2, 0.25) is 15.9 Å². The van der Waals surface area contributed by atoms with Crippen LogP contribution in [0.4, 0.5) is 14.9 Å². The number of likely N-dealkylation sites (tertiary alicyclic amines) is 1. The normalized spacial score (nSPS) is 16.0. The molecular weight excluding hydrogens is 555 g/mol. The smallest absolute Gasteiger partial charge is 0.321 e. The first-order valence-electron chi connectivity index (χ1n) is 14.3. The lowest BCUT2D eigenvalue weighted by atomic mass is 10.0. The number of piperidine rings is 1. The van der Waals surface area contributed by atoms with Crippen molar-refractivity contribution in [2.75, 3.05) is 25.0 Å². The van der Waals surface area contributed by atoms with Gasteiger partial charge in [0.25, 0.3) is 0 Å². The molecule has 1 N–H and O–H groups in total. The number of sulfonamides is 1. The zero-order valence-corrected chi connectivity index (χ0v) is 24.8. The molecule has 0 radical (unpaired) electrons. The highest BCUT2D eigenvalue weighted by Crippen LogP contribution is 2.33. The minimum absolute atomic E-state index is 0.172. The Hall–Kier alpha value is -3.76. The molecule has 1 heterocycles. The molecule has 0 bridgehead atoms. The number of hydrogen-bond donors (Lipinski definition) is 1. The van der Waals surface area contributed by atoms with Crippen molar-refractivity contribution < 1.29 is 22.4 Å². The van der Waals surface area contributed by atoms with Gasteiger partial charge >= 0.3 is 6.03 Å². The van der Waals surface area contributed by atoms with Crippen LogP contribution in [0.3, 0.4) is 0 Å². The second-order valence-corrected chi connectivity index (χ2v) is 13.1. The van der Waals surface area contributed by atoms with Crippen LogP contribution in [0.25, 0.3) is 0 Å². The van der Waals surface area contributed by atoms with Crippen LogP contribution in [-0.2, 0) is 21.4 Å². The van der Waals surface area contributed by atoms with Crippen LogP contribution in [0.15, 0.2) is 77.7 Å². The van der Waals surface area contributed by atoms with Crippen molar-refractivity contribution in [2.45, 2.75) is 63.1 Å². The average Bonchev–Trinajstić information content (AvgIpc) is 3.82. The van der Waals surface area contributed by atoms with Gasteiger partial charge in [-0.3, -0.25) is 4.79 Å². The van der Waals surface area contributed by atoms with E-state index in [1.165, 1.54) is 16.4 Å². The number of aryl methyl sites for hydroxylation is 2. The van der Waals surface area contributed by atoms with Crippen LogP contribution in [0.1, 0.15) is 42.4 Å². The van der Waals surface area contributed by atoms with E-state index in [0.717, 1.165) is 22.4 Å². The third kappa shape index (κ3) is 7.17. The highest BCUT2D eigenvalue weighted by atomic mass is 32.2. The zero-order chi connectivity index (χ0) is 29.9. The van der Waals surface area contributed by atoms with Gasteiger partial charge in [-0.25, -0.2) is 17.6 Å². The van der Waals surface area contributed by atoms with E-state index in [1.54, 1.807) is 46.2 Å². The molecule has 42 heavy (non-hydrogen) atoms. The van der Waals surface area contributed by atoms with Crippen molar-refractivity contribution in [3.05, 3.63) is 95.3 Å². The summed E-state index contributed by atoms with van der Waals surface area (Å²) in [6.45, 7) is 4.73. The second kappa shape index (κ2) is 12.6. The van der Waals surface area contributed by atoms with Gasteiger partial charge in [-0.15, -0.1) is 0 Å². The number of nitrogens with zero attached hydrogens (tertiary/aromatic N) is 3. The Balaban J connectivity index is 1.31. The number of urea groups is 1. The Kier molecular flexibility index (Phi) is 8.93. The molecule has 2 fully saturated rings. The molecule has 1 aliphatic carbocycles. The number of amides is 3. The standard InChI is InChI=1S/C32H37FN4O4S/c1-23-3-11-27(12-4-23)34-32(39)35-19-17-28(18-20-35)36(21-25-7-9-26(33)10-8-25)31(38)22-37(29-13-14-29)42(40,41)30-15-5-24(2)6-16-30/h3-12,15-16,28-29H,13-14,17-22H2,1-2H3,(H,34,39). The number of hydrogen-bond acceptors (Lipinski definition) is 4. The van der Waals surface area contributed by atoms with Crippen LogP contribution in [0.2, 0.25) is 0 Å². The summed E-state index contributed by atoms with van der Waals surface area (Å²) in [7, 11) is -3.87. The molecule has 3 aromatic rings. The number of rotatable bonds is 9. The van der Waals surface area contributed by atoms with Gasteiger partial charge in [0, 0.05) is 37.4 Å². The van der Waals surface area contributed by atoms with Crippen molar-refractivity contribution >= 4 is 27.6 Å². The van der Waals surface area contributed by atoms with E-state index in [4.69, 9.17) is 0 Å². The summed E-state index contributed by atoms with van der Waals surface area (Å²) in [6.07, 6.45) is 2.51. The van der Waals surface area contributed by atoms with E-state index in [1.807, 2.05) is 38.1 Å². The van der Waals surface area contributed by atoms with Gasteiger partial charge in [0.15, 0.2) is 0 Å². The maximum atomic E-state index is 13.9. The van der Waals surface area contributed by atoms with Gasteiger partial charge in [-0.2, -0.15) is 4.31 Å². The molecule has 222 valence electrons. The second-order valence-electron chi connectivity index (χ2n) is 11.3. The lowest BCUT2D eigenvalue weighted by molar-refractivity contribution is -0.135. The van der Waals surface area contributed by atoms with Crippen LogP contribution in [-0.4, -0.2) is 66.2 Å². The number of benzene rings is 3. The number of nitrogens with one attached hydrogen (secondary N) is 1. The molecule has 0 aromatic heterocycles. The molecule has 1 saturated heterocycles. The molecule has 3 aromatic carbocycles. The number of carbonyl (C=O) groups is 2. The number of carbonyl (C=O) groups excluding carboxylic acids is 2. The van der Waals surface area contributed by atoms with Crippen molar-refractivity contribution in [2.24, 2.45) is 0 Å². The Morgan fingerprint density at radius 1 is 0.833 bits per heavy atom. The van der Waals surface area contributed by atoms with Crippen molar-refractivity contribution in [1.82, 2.24) is 14.1 Å².